The molecule has 1 fully saturated rings. The zero-order valence-electron chi connectivity index (χ0n) is 12.6. The summed E-state index contributed by atoms with van der Waals surface area (Å²) >= 11 is 0. The smallest absolute Gasteiger partial charge is 0.224 e. The molecule has 118 valence electrons. The molecule has 1 saturated heterocycles. The predicted octanol–water partition coefficient (Wildman–Crippen LogP) is 4.79. The standard InChI is InChI=1S/C16H20N2O2S2/c1-11-17-14-10-12(6-7-15(14)20-11)18-16(19)5-3-2-4-13-8-9-21-22-13/h6-7,10,13H,2-5,8-9H2,1H3,(H,18,19). The number of benzene rings is 1. The third-order valence-corrected chi connectivity index (χ3v) is 6.69. The van der Waals surface area contributed by atoms with Crippen molar-refractivity contribution in [1.29, 1.82) is 0 Å². The molecule has 1 aromatic carbocycles. The number of nitrogens with one attached hydrogen (secondary N) is 1. The second-order valence-electron chi connectivity index (χ2n) is 5.54. The molecule has 0 spiro atoms. The summed E-state index contributed by atoms with van der Waals surface area (Å²) in [4.78, 5) is 16.3. The summed E-state index contributed by atoms with van der Waals surface area (Å²) in [5.41, 5.74) is 2.32. The lowest BCUT2D eigenvalue weighted by atomic mass is 10.1. The highest BCUT2D eigenvalue weighted by Gasteiger charge is 2.15. The molecule has 4 nitrogen and oxygen atoms in total. The monoisotopic (exact) mass is 336 g/mol. The van der Waals surface area contributed by atoms with Gasteiger partial charge in [-0.1, -0.05) is 28.0 Å². The molecule has 22 heavy (non-hydrogen) atoms. The van der Waals surface area contributed by atoms with Gasteiger partial charge in [0, 0.05) is 30.0 Å². The highest BCUT2D eigenvalue weighted by atomic mass is 33.1. The van der Waals surface area contributed by atoms with Crippen LogP contribution in [-0.2, 0) is 4.79 Å². The number of oxazole rings is 1. The van der Waals surface area contributed by atoms with E-state index in [1.165, 1.54) is 18.6 Å². The number of carbonyl (C=O) groups is 1. The van der Waals surface area contributed by atoms with E-state index in [2.05, 4.69) is 10.3 Å². The molecule has 0 aliphatic carbocycles. The molecule has 0 saturated carbocycles. The Hall–Kier alpha value is -1.14. The van der Waals surface area contributed by atoms with Gasteiger partial charge in [-0.05, 0) is 37.5 Å². The summed E-state index contributed by atoms with van der Waals surface area (Å²) < 4.78 is 5.43. The normalized spacial score (nSPS) is 18.0. The Balaban J connectivity index is 1.43. The molecule has 1 aliphatic heterocycles. The Bertz CT molecular complexity index is 651. The minimum Gasteiger partial charge on any atom is -0.441 e. The van der Waals surface area contributed by atoms with Gasteiger partial charge in [-0.25, -0.2) is 4.98 Å². The first-order valence-electron chi connectivity index (χ1n) is 7.66. The maximum Gasteiger partial charge on any atom is 0.224 e. The van der Waals surface area contributed by atoms with Crippen LogP contribution < -0.4 is 5.32 Å². The topological polar surface area (TPSA) is 55.1 Å². The van der Waals surface area contributed by atoms with Gasteiger partial charge in [0.05, 0.1) is 0 Å². The fraction of sp³-hybridized carbons (Fsp3) is 0.500. The lowest BCUT2D eigenvalue weighted by Gasteiger charge is -2.07. The number of nitrogens with zero attached hydrogens (tertiary/aromatic N) is 1. The van der Waals surface area contributed by atoms with Crippen LogP contribution in [-0.4, -0.2) is 21.9 Å². The highest BCUT2D eigenvalue weighted by Crippen LogP contribution is 2.39. The van der Waals surface area contributed by atoms with Gasteiger partial charge in [-0.3, -0.25) is 4.79 Å². The van der Waals surface area contributed by atoms with Crippen molar-refractivity contribution in [3.63, 3.8) is 0 Å². The van der Waals surface area contributed by atoms with Crippen molar-refractivity contribution in [3.05, 3.63) is 24.1 Å². The van der Waals surface area contributed by atoms with E-state index in [-0.39, 0.29) is 5.91 Å². The first-order chi connectivity index (χ1) is 10.7. The number of hydrogen-bond acceptors (Lipinski definition) is 5. The van der Waals surface area contributed by atoms with Crippen LogP contribution in [0.3, 0.4) is 0 Å². The zero-order valence-corrected chi connectivity index (χ0v) is 14.3. The van der Waals surface area contributed by atoms with Crippen LogP contribution in [0.25, 0.3) is 11.1 Å². The van der Waals surface area contributed by atoms with E-state index in [0.29, 0.717) is 12.3 Å². The first-order valence-corrected chi connectivity index (χ1v) is 10.0. The van der Waals surface area contributed by atoms with Crippen molar-refractivity contribution < 1.29 is 9.21 Å². The van der Waals surface area contributed by atoms with Crippen LogP contribution in [0.4, 0.5) is 5.69 Å². The van der Waals surface area contributed by atoms with E-state index in [1.807, 2.05) is 46.7 Å². The number of aryl methyl sites for hydroxylation is 1. The third-order valence-electron chi connectivity index (χ3n) is 3.69. The number of unbranched alkanes of at least 4 members (excludes halogenated alkanes) is 1. The molecule has 1 aromatic heterocycles. The average molecular weight is 336 g/mol. The van der Waals surface area contributed by atoms with Crippen LogP contribution in [0.5, 0.6) is 0 Å². The minimum absolute atomic E-state index is 0.0769. The zero-order chi connectivity index (χ0) is 15.4. The van der Waals surface area contributed by atoms with Gasteiger partial charge in [0.25, 0.3) is 0 Å². The molecule has 1 atom stereocenters. The van der Waals surface area contributed by atoms with Gasteiger partial charge in [0.1, 0.15) is 5.52 Å². The average Bonchev–Trinajstić information content (AvgIpc) is 3.11. The maximum atomic E-state index is 12.0. The number of anilines is 1. The molecule has 1 N–H and O–H groups in total. The van der Waals surface area contributed by atoms with Gasteiger partial charge >= 0.3 is 0 Å². The molecule has 2 aromatic rings. The van der Waals surface area contributed by atoms with Crippen molar-refractivity contribution in [2.45, 2.75) is 44.3 Å². The molecule has 0 bridgehead atoms. The summed E-state index contributed by atoms with van der Waals surface area (Å²) in [5.74, 6) is 1.99. The van der Waals surface area contributed by atoms with Crippen LogP contribution >= 0.6 is 21.6 Å². The lowest BCUT2D eigenvalue weighted by molar-refractivity contribution is -0.116. The molecule has 3 rings (SSSR count). The van der Waals surface area contributed by atoms with Crippen molar-refractivity contribution in [2.75, 3.05) is 11.1 Å². The van der Waals surface area contributed by atoms with Crippen molar-refractivity contribution in [1.82, 2.24) is 4.98 Å². The van der Waals surface area contributed by atoms with E-state index in [0.717, 1.165) is 34.9 Å². The van der Waals surface area contributed by atoms with Gasteiger partial charge in [-0.2, -0.15) is 0 Å². The van der Waals surface area contributed by atoms with Crippen LogP contribution in [0.15, 0.2) is 22.6 Å². The molecule has 1 amide bonds. The van der Waals surface area contributed by atoms with Crippen molar-refractivity contribution in [3.8, 4) is 0 Å². The van der Waals surface area contributed by atoms with Gasteiger partial charge in [0.2, 0.25) is 5.91 Å². The summed E-state index contributed by atoms with van der Waals surface area (Å²) in [6.45, 7) is 1.82. The minimum atomic E-state index is 0.0769. The maximum absolute atomic E-state index is 12.0. The number of fused-ring (bicyclic) bond motifs is 1. The summed E-state index contributed by atoms with van der Waals surface area (Å²) in [5, 5.41) is 3.74. The second-order valence-corrected chi connectivity index (χ2v) is 8.33. The number of carbonyl (C=O) groups excluding carboxylic acids is 1. The Morgan fingerprint density at radius 2 is 2.36 bits per heavy atom. The Morgan fingerprint density at radius 3 is 3.18 bits per heavy atom. The van der Waals surface area contributed by atoms with Crippen molar-refractivity contribution in [2.24, 2.45) is 0 Å². The summed E-state index contributed by atoms with van der Waals surface area (Å²) in [7, 11) is 3.98. The number of hydrogen-bond donors (Lipinski definition) is 1. The summed E-state index contributed by atoms with van der Waals surface area (Å²) in [6, 6.07) is 5.56. The van der Waals surface area contributed by atoms with Gasteiger partial charge < -0.3 is 9.73 Å². The molecular formula is C16H20N2O2S2. The van der Waals surface area contributed by atoms with Crippen LogP contribution in [0.1, 0.15) is 38.0 Å². The molecule has 6 heteroatoms. The number of rotatable bonds is 6. The van der Waals surface area contributed by atoms with Gasteiger partial charge in [-0.15, -0.1) is 0 Å². The summed E-state index contributed by atoms with van der Waals surface area (Å²) in [6.07, 6.45) is 5.22. The van der Waals surface area contributed by atoms with Crippen LogP contribution in [0.2, 0.25) is 0 Å². The highest BCUT2D eigenvalue weighted by molar-refractivity contribution is 8.77. The SMILES string of the molecule is Cc1nc2cc(NC(=O)CCCCC3CCSS3)ccc2o1. The van der Waals surface area contributed by atoms with Crippen molar-refractivity contribution >= 4 is 44.3 Å². The van der Waals surface area contributed by atoms with E-state index in [1.54, 1.807) is 0 Å². The Morgan fingerprint density at radius 1 is 1.45 bits per heavy atom. The molecule has 0 radical (unpaired) electrons. The Labute approximate surface area is 138 Å². The van der Waals surface area contributed by atoms with E-state index < -0.39 is 0 Å². The largest absolute Gasteiger partial charge is 0.441 e. The number of aromatic nitrogens is 1. The number of amides is 1. The second kappa shape index (κ2) is 7.42. The van der Waals surface area contributed by atoms with E-state index in [9.17, 15) is 4.79 Å². The van der Waals surface area contributed by atoms with Gasteiger partial charge in [0.15, 0.2) is 11.5 Å². The van der Waals surface area contributed by atoms with Crippen LogP contribution in [0, 0.1) is 6.92 Å². The first kappa shape index (κ1) is 15.7. The van der Waals surface area contributed by atoms with E-state index >= 15 is 0 Å². The molecule has 1 unspecified atom stereocenters. The predicted molar refractivity (Wildman–Crippen MR) is 94.3 cm³/mol. The fourth-order valence-corrected chi connectivity index (χ4v) is 5.59. The molecule has 2 heterocycles. The third kappa shape index (κ3) is 4.20. The molecular weight excluding hydrogens is 316 g/mol. The molecule has 1 aliphatic rings. The lowest BCUT2D eigenvalue weighted by Crippen LogP contribution is -2.11. The van der Waals surface area contributed by atoms with E-state index in [4.69, 9.17) is 4.42 Å². The quantitative estimate of drug-likeness (QED) is 0.607. The Kier molecular flexibility index (Phi) is 5.31. The fourth-order valence-electron chi connectivity index (χ4n) is 2.57.